The van der Waals surface area contributed by atoms with E-state index >= 15 is 0 Å². The Balaban J connectivity index is 1.47. The molecule has 0 aliphatic rings. The standard InChI is InChI=1S/C30H28N6O4S/c1-3-40-29(37)20-36(41(38,39)27-8-4-6-23-7-5-15-33-30(23)27)24-13-14-26-25(16-24)34-28(35(26)2)19-32-18-22-11-9-21(17-31)10-12-22/h4-16,32H,3,18-20H2,1-2H3. The molecule has 0 radical (unpaired) electrons. The van der Waals surface area contributed by atoms with Crippen molar-refractivity contribution in [1.82, 2.24) is 19.9 Å². The molecule has 0 aliphatic heterocycles. The minimum atomic E-state index is -4.21. The molecule has 0 fully saturated rings. The molecular weight excluding hydrogens is 540 g/mol. The van der Waals surface area contributed by atoms with E-state index < -0.39 is 22.5 Å². The van der Waals surface area contributed by atoms with Crippen LogP contribution >= 0.6 is 0 Å². The second-order valence-electron chi connectivity index (χ2n) is 9.32. The molecule has 0 saturated heterocycles. The molecule has 208 valence electrons. The van der Waals surface area contributed by atoms with Crippen LogP contribution in [0, 0.1) is 11.3 Å². The first kappa shape index (κ1) is 27.8. The van der Waals surface area contributed by atoms with Gasteiger partial charge in [0, 0.05) is 25.2 Å². The van der Waals surface area contributed by atoms with Gasteiger partial charge in [-0.25, -0.2) is 13.4 Å². The minimum absolute atomic E-state index is 0.00583. The number of rotatable bonds is 10. The van der Waals surface area contributed by atoms with Crippen molar-refractivity contribution in [2.24, 2.45) is 7.05 Å². The zero-order valence-corrected chi connectivity index (χ0v) is 23.4. The maximum Gasteiger partial charge on any atom is 0.326 e. The molecule has 11 heteroatoms. The molecule has 0 amide bonds. The Labute approximate surface area is 237 Å². The number of pyridine rings is 1. The van der Waals surface area contributed by atoms with Crippen LogP contribution in [0.2, 0.25) is 0 Å². The van der Waals surface area contributed by atoms with Gasteiger partial charge in [-0.2, -0.15) is 5.26 Å². The number of sulfonamides is 1. The number of benzene rings is 3. The highest BCUT2D eigenvalue weighted by Gasteiger charge is 2.30. The Bertz CT molecular complexity index is 1870. The molecule has 1 N–H and O–H groups in total. The molecule has 2 aromatic heterocycles. The Morgan fingerprint density at radius 2 is 1.85 bits per heavy atom. The van der Waals surface area contributed by atoms with E-state index in [0.29, 0.717) is 35.1 Å². The molecule has 2 heterocycles. The average molecular weight is 569 g/mol. The van der Waals surface area contributed by atoms with Gasteiger partial charge >= 0.3 is 5.97 Å². The maximum atomic E-state index is 14.0. The first-order valence-electron chi connectivity index (χ1n) is 13.0. The van der Waals surface area contributed by atoms with E-state index in [-0.39, 0.29) is 17.2 Å². The SMILES string of the molecule is CCOC(=O)CN(c1ccc2c(c1)nc(CNCc1ccc(C#N)cc1)n2C)S(=O)(=O)c1cccc2cccnc12. The first-order chi connectivity index (χ1) is 19.8. The normalized spacial score (nSPS) is 11.4. The number of nitriles is 1. The highest BCUT2D eigenvalue weighted by molar-refractivity contribution is 7.93. The number of aryl methyl sites for hydroxylation is 1. The highest BCUT2D eigenvalue weighted by Crippen LogP contribution is 2.30. The van der Waals surface area contributed by atoms with Crippen LogP contribution in [0.3, 0.4) is 0 Å². The molecule has 5 rings (SSSR count). The van der Waals surface area contributed by atoms with Crippen LogP contribution in [0.1, 0.15) is 23.9 Å². The minimum Gasteiger partial charge on any atom is -0.465 e. The van der Waals surface area contributed by atoms with Gasteiger partial charge in [-0.1, -0.05) is 30.3 Å². The molecule has 0 atom stereocenters. The van der Waals surface area contributed by atoms with E-state index in [0.717, 1.165) is 21.2 Å². The van der Waals surface area contributed by atoms with Gasteiger partial charge in [0.2, 0.25) is 0 Å². The summed E-state index contributed by atoms with van der Waals surface area (Å²) in [5.74, 6) is 0.0851. The molecule has 3 aromatic carbocycles. The van der Waals surface area contributed by atoms with Crippen molar-refractivity contribution in [3.8, 4) is 6.07 Å². The van der Waals surface area contributed by atoms with Crippen LogP contribution in [0.4, 0.5) is 5.69 Å². The van der Waals surface area contributed by atoms with E-state index in [1.54, 1.807) is 61.5 Å². The zero-order valence-electron chi connectivity index (χ0n) is 22.6. The summed E-state index contributed by atoms with van der Waals surface area (Å²) in [4.78, 5) is 21.6. The van der Waals surface area contributed by atoms with Crippen molar-refractivity contribution in [3.05, 3.63) is 95.9 Å². The van der Waals surface area contributed by atoms with E-state index in [9.17, 15) is 13.2 Å². The number of hydrogen-bond donors (Lipinski definition) is 1. The smallest absolute Gasteiger partial charge is 0.326 e. The van der Waals surface area contributed by atoms with Gasteiger partial charge in [0.15, 0.2) is 0 Å². The molecule has 0 bridgehead atoms. The highest BCUT2D eigenvalue weighted by atomic mass is 32.2. The number of para-hydroxylation sites is 1. The maximum absolute atomic E-state index is 14.0. The lowest BCUT2D eigenvalue weighted by atomic mass is 10.1. The van der Waals surface area contributed by atoms with Gasteiger partial charge in [0.25, 0.3) is 10.0 Å². The number of imidazole rings is 1. The second-order valence-corrected chi connectivity index (χ2v) is 11.2. The summed E-state index contributed by atoms with van der Waals surface area (Å²) in [6, 6.07) is 23.0. The molecule has 0 spiro atoms. The van der Waals surface area contributed by atoms with Crippen molar-refractivity contribution < 1.29 is 17.9 Å². The number of anilines is 1. The molecule has 0 unspecified atom stereocenters. The van der Waals surface area contributed by atoms with Crippen LogP contribution < -0.4 is 9.62 Å². The van der Waals surface area contributed by atoms with Gasteiger partial charge in [-0.15, -0.1) is 0 Å². The average Bonchev–Trinajstić information content (AvgIpc) is 3.30. The molecule has 0 aliphatic carbocycles. The van der Waals surface area contributed by atoms with E-state index in [4.69, 9.17) is 15.0 Å². The van der Waals surface area contributed by atoms with Gasteiger partial charge in [0.05, 0.1) is 47.0 Å². The summed E-state index contributed by atoms with van der Waals surface area (Å²) in [5, 5.41) is 13.0. The van der Waals surface area contributed by atoms with E-state index in [1.807, 2.05) is 23.7 Å². The quantitative estimate of drug-likeness (QED) is 0.250. The molecule has 10 nitrogen and oxygen atoms in total. The van der Waals surface area contributed by atoms with Gasteiger partial charge in [-0.3, -0.25) is 14.1 Å². The van der Waals surface area contributed by atoms with Gasteiger partial charge < -0.3 is 14.6 Å². The fourth-order valence-electron chi connectivity index (χ4n) is 4.61. The fraction of sp³-hybridized carbons (Fsp3) is 0.200. The topological polar surface area (TPSA) is 130 Å². The van der Waals surface area contributed by atoms with Crippen molar-refractivity contribution in [3.63, 3.8) is 0 Å². The number of nitrogens with zero attached hydrogens (tertiary/aromatic N) is 5. The van der Waals surface area contributed by atoms with Crippen LogP contribution in [0.25, 0.3) is 21.9 Å². The van der Waals surface area contributed by atoms with E-state index in [1.165, 1.54) is 12.3 Å². The third-order valence-electron chi connectivity index (χ3n) is 6.68. The lowest BCUT2D eigenvalue weighted by Crippen LogP contribution is -2.36. The number of aromatic nitrogens is 3. The third-order valence-corrected chi connectivity index (χ3v) is 8.49. The number of hydrogen-bond acceptors (Lipinski definition) is 8. The molecular formula is C30H28N6O4S. The Morgan fingerprint density at radius 3 is 2.61 bits per heavy atom. The van der Waals surface area contributed by atoms with Gasteiger partial charge in [-0.05, 0) is 55.0 Å². The first-order valence-corrected chi connectivity index (χ1v) is 14.4. The van der Waals surface area contributed by atoms with Crippen molar-refractivity contribution in [1.29, 1.82) is 5.26 Å². The lowest BCUT2D eigenvalue weighted by Gasteiger charge is -2.24. The second kappa shape index (κ2) is 11.8. The van der Waals surface area contributed by atoms with Crippen LogP contribution in [0.5, 0.6) is 0 Å². The van der Waals surface area contributed by atoms with Crippen LogP contribution in [-0.4, -0.2) is 42.1 Å². The third kappa shape index (κ3) is 5.75. The summed E-state index contributed by atoms with van der Waals surface area (Å²) in [7, 11) is -2.32. The van der Waals surface area contributed by atoms with Crippen molar-refractivity contribution in [2.45, 2.75) is 24.9 Å². The summed E-state index contributed by atoms with van der Waals surface area (Å²) in [6.45, 7) is 2.34. The number of nitrogens with one attached hydrogen (secondary N) is 1. The Hall–Kier alpha value is -4.79. The predicted octanol–water partition coefficient (Wildman–Crippen LogP) is 4.04. The number of esters is 1. The summed E-state index contributed by atoms with van der Waals surface area (Å²) >= 11 is 0. The number of fused-ring (bicyclic) bond motifs is 2. The summed E-state index contributed by atoms with van der Waals surface area (Å²) in [6.07, 6.45) is 1.54. The lowest BCUT2D eigenvalue weighted by molar-refractivity contribution is -0.141. The molecule has 5 aromatic rings. The molecule has 0 saturated carbocycles. The van der Waals surface area contributed by atoms with Gasteiger partial charge in [0.1, 0.15) is 17.3 Å². The monoisotopic (exact) mass is 568 g/mol. The number of carbonyl (C=O) groups is 1. The Morgan fingerprint density at radius 1 is 1.07 bits per heavy atom. The summed E-state index contributed by atoms with van der Waals surface area (Å²) < 4.78 is 36.2. The number of ether oxygens (including phenoxy) is 1. The Kier molecular flexibility index (Phi) is 7.96. The largest absolute Gasteiger partial charge is 0.465 e. The van der Waals surface area contributed by atoms with Crippen LogP contribution in [-0.2, 0) is 39.7 Å². The predicted molar refractivity (Wildman–Crippen MR) is 155 cm³/mol. The van der Waals surface area contributed by atoms with Crippen molar-refractivity contribution in [2.75, 3.05) is 17.5 Å². The molecule has 41 heavy (non-hydrogen) atoms. The zero-order chi connectivity index (χ0) is 29.0. The van der Waals surface area contributed by atoms with Crippen molar-refractivity contribution >= 4 is 43.6 Å². The van der Waals surface area contributed by atoms with E-state index in [2.05, 4.69) is 16.4 Å². The summed E-state index contributed by atoms with van der Waals surface area (Å²) in [5.41, 5.74) is 3.64. The number of carbonyl (C=O) groups excluding carboxylic acids is 1. The van der Waals surface area contributed by atoms with Crippen LogP contribution in [0.15, 0.2) is 83.9 Å². The fourth-order valence-corrected chi connectivity index (χ4v) is 6.18.